The summed E-state index contributed by atoms with van der Waals surface area (Å²) >= 11 is 0. The van der Waals surface area contributed by atoms with E-state index in [9.17, 15) is 13.2 Å². The fourth-order valence-electron chi connectivity index (χ4n) is 3.63. The van der Waals surface area contributed by atoms with Gasteiger partial charge in [-0.15, -0.1) is 0 Å². The van der Waals surface area contributed by atoms with E-state index in [1.807, 2.05) is 4.90 Å². The number of nitrogens with one attached hydrogen (secondary N) is 1. The van der Waals surface area contributed by atoms with Crippen LogP contribution in [-0.4, -0.2) is 38.6 Å². The summed E-state index contributed by atoms with van der Waals surface area (Å²) in [5.74, 6) is 0.676. The predicted octanol–water partition coefficient (Wildman–Crippen LogP) is 3.85. The number of hydrogen-bond donors (Lipinski definition) is 1. The van der Waals surface area contributed by atoms with Gasteiger partial charge in [0.15, 0.2) is 0 Å². The lowest BCUT2D eigenvalue weighted by Crippen LogP contribution is -2.38. The maximum absolute atomic E-state index is 12.7. The molecule has 1 amide bonds. The number of likely N-dealkylation sites (tertiary alicyclic amines) is 1. The largest absolute Gasteiger partial charge is 0.339 e. The van der Waals surface area contributed by atoms with Crippen LogP contribution in [0, 0.1) is 12.8 Å². The first-order valence-corrected chi connectivity index (χ1v) is 11.6. The fraction of sp³-hybridized carbons (Fsp3) is 0.409. The minimum Gasteiger partial charge on any atom is -0.339 e. The molecule has 1 fully saturated rings. The predicted molar refractivity (Wildman–Crippen MR) is 113 cm³/mol. The molecule has 0 saturated carbocycles. The lowest BCUT2D eigenvalue weighted by Gasteiger charge is -2.32. The highest BCUT2D eigenvalue weighted by molar-refractivity contribution is 7.92. The van der Waals surface area contributed by atoms with Crippen molar-refractivity contribution in [2.75, 3.05) is 24.1 Å². The quantitative estimate of drug-likeness (QED) is 0.801. The molecule has 0 aliphatic carbocycles. The van der Waals surface area contributed by atoms with Gasteiger partial charge in [0.05, 0.1) is 6.26 Å². The van der Waals surface area contributed by atoms with Crippen molar-refractivity contribution in [2.45, 2.75) is 32.6 Å². The van der Waals surface area contributed by atoms with Crippen LogP contribution in [0.15, 0.2) is 48.5 Å². The molecular formula is C22H28N2O3S. The SMILES string of the molecule is Cc1ccc(CCC2CCN(C(=O)c3ccc(NS(C)(=O)=O)cc3)CC2)cc1. The summed E-state index contributed by atoms with van der Waals surface area (Å²) in [6.07, 6.45) is 5.43. The molecule has 2 aromatic carbocycles. The summed E-state index contributed by atoms with van der Waals surface area (Å²) < 4.78 is 25.0. The maximum Gasteiger partial charge on any atom is 0.253 e. The summed E-state index contributed by atoms with van der Waals surface area (Å²) in [5, 5.41) is 0. The second-order valence-corrected chi connectivity index (χ2v) is 9.46. The molecule has 6 heteroatoms. The van der Waals surface area contributed by atoms with Gasteiger partial charge in [0.1, 0.15) is 0 Å². The number of benzene rings is 2. The Balaban J connectivity index is 1.48. The summed E-state index contributed by atoms with van der Waals surface area (Å²) in [6.45, 7) is 3.66. The fourth-order valence-corrected chi connectivity index (χ4v) is 4.19. The van der Waals surface area contributed by atoms with Gasteiger partial charge in [-0.25, -0.2) is 8.42 Å². The molecule has 1 N–H and O–H groups in total. The Bertz CT molecular complexity index is 898. The first-order valence-electron chi connectivity index (χ1n) is 9.73. The van der Waals surface area contributed by atoms with Gasteiger partial charge in [-0.1, -0.05) is 29.8 Å². The van der Waals surface area contributed by atoms with Gasteiger partial charge >= 0.3 is 0 Å². The Labute approximate surface area is 167 Å². The van der Waals surface area contributed by atoms with E-state index in [1.54, 1.807) is 24.3 Å². The molecule has 1 saturated heterocycles. The van der Waals surface area contributed by atoms with Crippen LogP contribution >= 0.6 is 0 Å². The Kier molecular flexibility index (Phi) is 6.39. The highest BCUT2D eigenvalue weighted by Gasteiger charge is 2.23. The summed E-state index contributed by atoms with van der Waals surface area (Å²) in [6, 6.07) is 15.3. The summed E-state index contributed by atoms with van der Waals surface area (Å²) in [4.78, 5) is 14.6. The Hall–Kier alpha value is -2.34. The van der Waals surface area contributed by atoms with Gasteiger partial charge in [0.25, 0.3) is 5.91 Å². The van der Waals surface area contributed by atoms with Crippen molar-refractivity contribution in [3.8, 4) is 0 Å². The molecule has 150 valence electrons. The Morgan fingerprint density at radius 3 is 2.21 bits per heavy atom. The number of carbonyl (C=O) groups excluding carboxylic acids is 1. The van der Waals surface area contributed by atoms with Crippen molar-refractivity contribution in [2.24, 2.45) is 5.92 Å². The second-order valence-electron chi connectivity index (χ2n) is 7.71. The Morgan fingerprint density at radius 1 is 1.04 bits per heavy atom. The minimum absolute atomic E-state index is 0.0166. The van der Waals surface area contributed by atoms with Crippen LogP contribution in [0.5, 0.6) is 0 Å². The van der Waals surface area contributed by atoms with Gasteiger partial charge in [-0.3, -0.25) is 9.52 Å². The van der Waals surface area contributed by atoms with E-state index < -0.39 is 10.0 Å². The van der Waals surface area contributed by atoms with Crippen LogP contribution in [0.3, 0.4) is 0 Å². The number of amides is 1. The molecule has 0 spiro atoms. The first kappa shape index (κ1) is 20.4. The highest BCUT2D eigenvalue weighted by atomic mass is 32.2. The topological polar surface area (TPSA) is 66.5 Å². The van der Waals surface area contributed by atoms with E-state index in [0.717, 1.165) is 45.0 Å². The van der Waals surface area contributed by atoms with E-state index in [4.69, 9.17) is 0 Å². The average Bonchev–Trinajstić information content (AvgIpc) is 2.67. The number of piperidine rings is 1. The van der Waals surface area contributed by atoms with Crippen molar-refractivity contribution < 1.29 is 13.2 Å². The number of rotatable bonds is 6. The van der Waals surface area contributed by atoms with Crippen molar-refractivity contribution >= 4 is 21.6 Å². The third-order valence-electron chi connectivity index (χ3n) is 5.30. The zero-order valence-corrected chi connectivity index (χ0v) is 17.3. The van der Waals surface area contributed by atoms with Gasteiger partial charge in [0.2, 0.25) is 10.0 Å². The molecule has 1 aliphatic heterocycles. The third kappa shape index (κ3) is 5.83. The number of hydrogen-bond acceptors (Lipinski definition) is 3. The summed E-state index contributed by atoms with van der Waals surface area (Å²) in [7, 11) is -3.31. The molecule has 2 aromatic rings. The normalized spacial score (nSPS) is 15.4. The molecule has 0 unspecified atom stereocenters. The second kappa shape index (κ2) is 8.78. The van der Waals surface area contributed by atoms with Crippen LogP contribution < -0.4 is 4.72 Å². The standard InChI is InChI=1S/C22H28N2O3S/c1-17-3-5-18(6-4-17)7-8-19-13-15-24(16-14-19)22(25)20-9-11-21(12-10-20)23-28(2,26)27/h3-6,9-12,19,23H,7-8,13-16H2,1-2H3. The Morgan fingerprint density at radius 2 is 1.64 bits per heavy atom. The number of sulfonamides is 1. The van der Waals surface area contributed by atoms with E-state index in [-0.39, 0.29) is 5.91 Å². The van der Waals surface area contributed by atoms with Crippen molar-refractivity contribution in [3.05, 3.63) is 65.2 Å². The van der Waals surface area contributed by atoms with Gasteiger partial charge in [0, 0.05) is 24.3 Å². The monoisotopic (exact) mass is 400 g/mol. The minimum atomic E-state index is -3.31. The van der Waals surface area contributed by atoms with E-state index >= 15 is 0 Å². The van der Waals surface area contributed by atoms with Crippen LogP contribution in [0.4, 0.5) is 5.69 Å². The van der Waals surface area contributed by atoms with Crippen LogP contribution in [0.25, 0.3) is 0 Å². The molecule has 0 atom stereocenters. The molecule has 3 rings (SSSR count). The highest BCUT2D eigenvalue weighted by Crippen LogP contribution is 2.24. The maximum atomic E-state index is 12.7. The van der Waals surface area contributed by atoms with Crippen LogP contribution in [0.2, 0.25) is 0 Å². The molecule has 1 aliphatic rings. The van der Waals surface area contributed by atoms with Crippen molar-refractivity contribution in [3.63, 3.8) is 0 Å². The lowest BCUT2D eigenvalue weighted by atomic mass is 9.90. The van der Waals surface area contributed by atoms with Crippen molar-refractivity contribution in [1.82, 2.24) is 4.90 Å². The molecule has 0 radical (unpaired) electrons. The van der Waals surface area contributed by atoms with E-state index in [1.165, 1.54) is 11.1 Å². The van der Waals surface area contributed by atoms with Crippen LogP contribution in [0.1, 0.15) is 40.7 Å². The van der Waals surface area contributed by atoms with Crippen molar-refractivity contribution in [1.29, 1.82) is 0 Å². The molecule has 28 heavy (non-hydrogen) atoms. The number of carbonyl (C=O) groups is 1. The molecule has 5 nitrogen and oxygen atoms in total. The molecular weight excluding hydrogens is 372 g/mol. The smallest absolute Gasteiger partial charge is 0.253 e. The molecule has 0 aromatic heterocycles. The zero-order chi connectivity index (χ0) is 20.1. The van der Waals surface area contributed by atoms with E-state index in [0.29, 0.717) is 17.2 Å². The average molecular weight is 401 g/mol. The van der Waals surface area contributed by atoms with Gasteiger partial charge in [-0.05, 0) is 68.4 Å². The van der Waals surface area contributed by atoms with Gasteiger partial charge in [-0.2, -0.15) is 0 Å². The van der Waals surface area contributed by atoms with E-state index in [2.05, 4.69) is 35.9 Å². The number of anilines is 1. The zero-order valence-electron chi connectivity index (χ0n) is 16.5. The number of nitrogens with zero attached hydrogens (tertiary/aromatic N) is 1. The van der Waals surface area contributed by atoms with Crippen LogP contribution in [-0.2, 0) is 16.4 Å². The molecule has 0 bridgehead atoms. The molecule has 1 heterocycles. The summed E-state index contributed by atoms with van der Waals surface area (Å²) in [5.41, 5.74) is 3.73. The first-order chi connectivity index (χ1) is 13.3. The third-order valence-corrected chi connectivity index (χ3v) is 5.91. The van der Waals surface area contributed by atoms with Gasteiger partial charge < -0.3 is 4.90 Å². The number of aryl methyl sites for hydroxylation is 2. The lowest BCUT2D eigenvalue weighted by molar-refractivity contribution is 0.0687.